The molecule has 6 nitrogen and oxygen atoms in total. The molecule has 1 aromatic heterocycles. The predicted octanol–water partition coefficient (Wildman–Crippen LogP) is 0.555. The number of aromatic nitrogens is 3. The lowest BCUT2D eigenvalue weighted by Crippen LogP contribution is -2.11. The van der Waals surface area contributed by atoms with Crippen LogP contribution in [0.5, 0.6) is 0 Å². The van der Waals surface area contributed by atoms with Crippen LogP contribution in [0.3, 0.4) is 0 Å². The molecule has 0 unspecified atom stereocenters. The van der Waals surface area contributed by atoms with Crippen LogP contribution in [-0.2, 0) is 6.54 Å². The van der Waals surface area contributed by atoms with Gasteiger partial charge in [0, 0.05) is 18.4 Å². The predicted molar refractivity (Wildman–Crippen MR) is 63.8 cm³/mol. The van der Waals surface area contributed by atoms with Crippen LogP contribution in [0.2, 0.25) is 0 Å². The molecule has 0 atom stereocenters. The SMILES string of the molecule is Nc1ccc(NCCn2ccnn2)cc1N. The van der Waals surface area contributed by atoms with E-state index in [-0.39, 0.29) is 0 Å². The lowest BCUT2D eigenvalue weighted by molar-refractivity contribution is 0.609. The monoisotopic (exact) mass is 218 g/mol. The largest absolute Gasteiger partial charge is 0.397 e. The Morgan fingerprint density at radius 1 is 1.25 bits per heavy atom. The zero-order chi connectivity index (χ0) is 11.4. The van der Waals surface area contributed by atoms with E-state index in [4.69, 9.17) is 11.5 Å². The van der Waals surface area contributed by atoms with Crippen LogP contribution >= 0.6 is 0 Å². The second kappa shape index (κ2) is 4.52. The van der Waals surface area contributed by atoms with Crippen molar-refractivity contribution in [3.8, 4) is 0 Å². The minimum atomic E-state index is 0.589. The fourth-order valence-corrected chi connectivity index (χ4v) is 1.35. The van der Waals surface area contributed by atoms with E-state index < -0.39 is 0 Å². The van der Waals surface area contributed by atoms with Crippen LogP contribution in [0.1, 0.15) is 0 Å². The van der Waals surface area contributed by atoms with Gasteiger partial charge in [0.1, 0.15) is 0 Å². The number of nitrogens with one attached hydrogen (secondary N) is 1. The highest BCUT2D eigenvalue weighted by Gasteiger charge is 1.97. The number of nitrogen functional groups attached to an aromatic ring is 2. The van der Waals surface area contributed by atoms with Gasteiger partial charge in [-0.05, 0) is 18.2 Å². The Balaban J connectivity index is 1.87. The van der Waals surface area contributed by atoms with Gasteiger partial charge in [0.05, 0.1) is 24.1 Å². The Morgan fingerprint density at radius 2 is 2.12 bits per heavy atom. The van der Waals surface area contributed by atoms with E-state index in [0.717, 1.165) is 18.8 Å². The van der Waals surface area contributed by atoms with Gasteiger partial charge in [0.25, 0.3) is 0 Å². The summed E-state index contributed by atoms with van der Waals surface area (Å²) >= 11 is 0. The van der Waals surface area contributed by atoms with E-state index in [2.05, 4.69) is 15.6 Å². The molecule has 1 aromatic carbocycles. The van der Waals surface area contributed by atoms with Crippen molar-refractivity contribution >= 4 is 17.1 Å². The number of anilines is 3. The fourth-order valence-electron chi connectivity index (χ4n) is 1.35. The normalized spacial score (nSPS) is 10.2. The summed E-state index contributed by atoms with van der Waals surface area (Å²) < 4.78 is 1.76. The van der Waals surface area contributed by atoms with E-state index in [1.807, 2.05) is 18.3 Å². The lowest BCUT2D eigenvalue weighted by Gasteiger charge is -2.08. The second-order valence-corrected chi connectivity index (χ2v) is 3.44. The molecule has 0 fully saturated rings. The van der Waals surface area contributed by atoms with Gasteiger partial charge in [0.2, 0.25) is 0 Å². The Hall–Kier alpha value is -2.24. The van der Waals surface area contributed by atoms with Crippen molar-refractivity contribution in [1.82, 2.24) is 15.0 Å². The number of nitrogens with two attached hydrogens (primary N) is 2. The van der Waals surface area contributed by atoms with Crippen molar-refractivity contribution in [2.24, 2.45) is 0 Å². The van der Waals surface area contributed by atoms with Gasteiger partial charge in [-0.25, -0.2) is 0 Å². The molecule has 5 N–H and O–H groups in total. The number of benzene rings is 1. The smallest absolute Gasteiger partial charge is 0.0692 e. The fraction of sp³-hybridized carbons (Fsp3) is 0.200. The first-order valence-electron chi connectivity index (χ1n) is 4.98. The van der Waals surface area contributed by atoms with Crippen LogP contribution in [-0.4, -0.2) is 21.5 Å². The molecule has 2 aromatic rings. The summed E-state index contributed by atoms with van der Waals surface area (Å²) in [6.45, 7) is 1.51. The summed E-state index contributed by atoms with van der Waals surface area (Å²) in [6, 6.07) is 5.50. The summed E-state index contributed by atoms with van der Waals surface area (Å²) in [6.07, 6.45) is 3.47. The van der Waals surface area contributed by atoms with Crippen LogP contribution in [0.4, 0.5) is 17.1 Å². The third-order valence-corrected chi connectivity index (χ3v) is 2.23. The zero-order valence-corrected chi connectivity index (χ0v) is 8.80. The first-order valence-corrected chi connectivity index (χ1v) is 4.98. The summed E-state index contributed by atoms with van der Waals surface area (Å²) in [4.78, 5) is 0. The molecule has 6 heteroatoms. The third kappa shape index (κ3) is 2.41. The molecule has 0 saturated carbocycles. The molecule has 16 heavy (non-hydrogen) atoms. The molecule has 84 valence electrons. The van der Waals surface area contributed by atoms with Crippen LogP contribution in [0.25, 0.3) is 0 Å². The molecular formula is C10H14N6. The van der Waals surface area contributed by atoms with Gasteiger partial charge < -0.3 is 16.8 Å². The van der Waals surface area contributed by atoms with E-state index >= 15 is 0 Å². The molecule has 0 radical (unpaired) electrons. The minimum absolute atomic E-state index is 0.589. The Labute approximate surface area is 93.2 Å². The van der Waals surface area contributed by atoms with Crippen LogP contribution in [0, 0.1) is 0 Å². The summed E-state index contributed by atoms with van der Waals surface area (Å²) in [5, 5.41) is 10.8. The molecule has 0 aliphatic carbocycles. The molecule has 0 saturated heterocycles. The van der Waals surface area contributed by atoms with Gasteiger partial charge in [-0.3, -0.25) is 4.68 Å². The van der Waals surface area contributed by atoms with E-state index in [1.165, 1.54) is 0 Å². The van der Waals surface area contributed by atoms with Gasteiger partial charge in [-0.1, -0.05) is 5.21 Å². The van der Waals surface area contributed by atoms with E-state index in [0.29, 0.717) is 11.4 Å². The summed E-state index contributed by atoms with van der Waals surface area (Å²) in [7, 11) is 0. The Bertz CT molecular complexity index is 450. The van der Waals surface area contributed by atoms with Crippen molar-refractivity contribution in [2.75, 3.05) is 23.3 Å². The topological polar surface area (TPSA) is 94.8 Å². The van der Waals surface area contributed by atoms with Crippen molar-refractivity contribution < 1.29 is 0 Å². The van der Waals surface area contributed by atoms with Gasteiger partial charge >= 0.3 is 0 Å². The molecular weight excluding hydrogens is 204 g/mol. The van der Waals surface area contributed by atoms with E-state index in [1.54, 1.807) is 16.9 Å². The quantitative estimate of drug-likeness (QED) is 0.651. The molecule has 1 heterocycles. The lowest BCUT2D eigenvalue weighted by atomic mass is 10.2. The van der Waals surface area contributed by atoms with Crippen molar-refractivity contribution in [3.63, 3.8) is 0 Å². The van der Waals surface area contributed by atoms with E-state index in [9.17, 15) is 0 Å². The molecule has 0 bridgehead atoms. The first-order chi connectivity index (χ1) is 7.75. The highest BCUT2D eigenvalue weighted by Crippen LogP contribution is 2.19. The average molecular weight is 218 g/mol. The number of hydrogen-bond acceptors (Lipinski definition) is 5. The third-order valence-electron chi connectivity index (χ3n) is 2.23. The van der Waals surface area contributed by atoms with Crippen molar-refractivity contribution in [3.05, 3.63) is 30.6 Å². The van der Waals surface area contributed by atoms with Gasteiger partial charge in [0.15, 0.2) is 0 Å². The molecule has 0 amide bonds. The maximum Gasteiger partial charge on any atom is 0.0692 e. The van der Waals surface area contributed by atoms with Crippen LogP contribution in [0.15, 0.2) is 30.6 Å². The average Bonchev–Trinajstić information content (AvgIpc) is 2.76. The maximum absolute atomic E-state index is 5.69. The number of hydrogen-bond donors (Lipinski definition) is 3. The maximum atomic E-state index is 5.69. The molecule has 0 spiro atoms. The highest BCUT2D eigenvalue weighted by molar-refractivity contribution is 5.69. The molecule has 0 aliphatic rings. The van der Waals surface area contributed by atoms with Gasteiger partial charge in [-0.2, -0.15) is 0 Å². The Morgan fingerprint density at radius 3 is 2.81 bits per heavy atom. The highest BCUT2D eigenvalue weighted by atomic mass is 15.4. The second-order valence-electron chi connectivity index (χ2n) is 3.44. The summed E-state index contributed by atoms with van der Waals surface area (Å²) in [5.74, 6) is 0. The zero-order valence-electron chi connectivity index (χ0n) is 8.80. The number of rotatable bonds is 4. The van der Waals surface area contributed by atoms with Crippen LogP contribution < -0.4 is 16.8 Å². The van der Waals surface area contributed by atoms with Gasteiger partial charge in [-0.15, -0.1) is 5.10 Å². The molecule has 0 aliphatic heterocycles. The molecule has 2 rings (SSSR count). The van der Waals surface area contributed by atoms with Crippen molar-refractivity contribution in [2.45, 2.75) is 6.54 Å². The Kier molecular flexibility index (Phi) is 2.90. The van der Waals surface area contributed by atoms with Crippen molar-refractivity contribution in [1.29, 1.82) is 0 Å². The number of nitrogens with zero attached hydrogens (tertiary/aromatic N) is 3. The first kappa shape index (κ1) is 10.3. The summed E-state index contributed by atoms with van der Waals surface area (Å²) in [5.41, 5.74) is 13.5. The minimum Gasteiger partial charge on any atom is -0.397 e. The standard InChI is InChI=1S/C10H14N6/c11-9-2-1-8(7-10(9)12)13-3-5-16-6-4-14-15-16/h1-2,4,6-7,13H,3,5,11-12H2.